The quantitative estimate of drug-likeness (QED) is 0.686. The molecule has 0 aliphatic rings. The molecular formula is C10H21NO3. The molecule has 0 spiro atoms. The number of aliphatic hydroxyl groups excluding tert-OH is 1. The molecule has 0 aromatic rings. The third-order valence-corrected chi connectivity index (χ3v) is 1.72. The van der Waals surface area contributed by atoms with Crippen molar-refractivity contribution in [3.8, 4) is 0 Å². The van der Waals surface area contributed by atoms with Crippen LogP contribution in [-0.2, 0) is 9.53 Å². The summed E-state index contributed by atoms with van der Waals surface area (Å²) in [6.45, 7) is 6.21. The average molecular weight is 203 g/mol. The lowest BCUT2D eigenvalue weighted by atomic mass is 9.88. The van der Waals surface area contributed by atoms with Gasteiger partial charge in [-0.05, 0) is 11.8 Å². The van der Waals surface area contributed by atoms with Gasteiger partial charge in [-0.3, -0.25) is 4.79 Å². The zero-order valence-corrected chi connectivity index (χ0v) is 9.46. The van der Waals surface area contributed by atoms with Crippen LogP contribution in [0.25, 0.3) is 0 Å². The number of rotatable bonds is 5. The van der Waals surface area contributed by atoms with Gasteiger partial charge in [-0.15, -0.1) is 0 Å². The molecule has 1 unspecified atom stereocenters. The largest absolute Gasteiger partial charge is 0.394 e. The number of hydrogen-bond acceptors (Lipinski definition) is 3. The van der Waals surface area contributed by atoms with Gasteiger partial charge in [0.25, 0.3) is 0 Å². The summed E-state index contributed by atoms with van der Waals surface area (Å²) in [5.41, 5.74) is 0.0910. The van der Waals surface area contributed by atoms with Gasteiger partial charge in [0.05, 0.1) is 12.6 Å². The summed E-state index contributed by atoms with van der Waals surface area (Å²) in [6.07, 6.45) is 0.749. The number of ether oxygens (including phenoxy) is 1. The number of carbonyl (C=O) groups is 1. The summed E-state index contributed by atoms with van der Waals surface area (Å²) in [7, 11) is 1.47. The van der Waals surface area contributed by atoms with Crippen molar-refractivity contribution < 1.29 is 14.6 Å². The minimum absolute atomic E-state index is 0.0350. The minimum Gasteiger partial charge on any atom is -0.394 e. The summed E-state index contributed by atoms with van der Waals surface area (Å²) in [4.78, 5) is 11.2. The van der Waals surface area contributed by atoms with Crippen LogP contribution in [0.5, 0.6) is 0 Å². The Morgan fingerprint density at radius 2 is 2.07 bits per heavy atom. The lowest BCUT2D eigenvalue weighted by molar-refractivity contribution is -0.125. The molecule has 0 saturated carbocycles. The van der Waals surface area contributed by atoms with Crippen molar-refractivity contribution in [3.05, 3.63) is 0 Å². The Bertz CT molecular complexity index is 175. The molecule has 4 heteroatoms. The van der Waals surface area contributed by atoms with Crippen LogP contribution in [0.3, 0.4) is 0 Å². The van der Waals surface area contributed by atoms with Crippen LogP contribution >= 0.6 is 0 Å². The molecule has 0 heterocycles. The second-order valence-electron chi connectivity index (χ2n) is 4.64. The molecule has 1 amide bonds. The minimum atomic E-state index is -0.184. The smallest absolute Gasteiger partial charge is 0.246 e. The molecule has 0 fully saturated rings. The predicted molar refractivity (Wildman–Crippen MR) is 55.0 cm³/mol. The third kappa shape index (κ3) is 6.86. The third-order valence-electron chi connectivity index (χ3n) is 1.72. The van der Waals surface area contributed by atoms with Gasteiger partial charge in [-0.25, -0.2) is 0 Å². The molecule has 1 atom stereocenters. The van der Waals surface area contributed by atoms with Crippen molar-refractivity contribution in [2.24, 2.45) is 5.41 Å². The van der Waals surface area contributed by atoms with Crippen LogP contribution in [0.2, 0.25) is 0 Å². The van der Waals surface area contributed by atoms with Gasteiger partial charge in [0.2, 0.25) is 5.91 Å². The van der Waals surface area contributed by atoms with Gasteiger partial charge in [-0.1, -0.05) is 20.8 Å². The van der Waals surface area contributed by atoms with E-state index in [4.69, 9.17) is 5.11 Å². The maximum atomic E-state index is 11.2. The lowest BCUT2D eigenvalue weighted by Gasteiger charge is -2.25. The molecule has 4 nitrogen and oxygen atoms in total. The summed E-state index contributed by atoms with van der Waals surface area (Å²) in [5.74, 6) is -0.184. The molecule has 0 bridgehead atoms. The summed E-state index contributed by atoms with van der Waals surface area (Å²) >= 11 is 0. The second-order valence-corrected chi connectivity index (χ2v) is 4.64. The topological polar surface area (TPSA) is 58.6 Å². The molecule has 84 valence electrons. The summed E-state index contributed by atoms with van der Waals surface area (Å²) in [5, 5.41) is 11.8. The van der Waals surface area contributed by atoms with E-state index in [1.54, 1.807) is 0 Å². The van der Waals surface area contributed by atoms with Crippen molar-refractivity contribution in [1.82, 2.24) is 5.32 Å². The first kappa shape index (κ1) is 13.4. The van der Waals surface area contributed by atoms with Gasteiger partial charge in [0.1, 0.15) is 6.61 Å². The zero-order chi connectivity index (χ0) is 11.2. The summed E-state index contributed by atoms with van der Waals surface area (Å²) < 4.78 is 4.69. The van der Waals surface area contributed by atoms with Gasteiger partial charge >= 0.3 is 0 Å². The van der Waals surface area contributed by atoms with Crippen LogP contribution in [0.1, 0.15) is 27.2 Å². The maximum absolute atomic E-state index is 11.2. The predicted octanol–water partition coefficient (Wildman–Crippen LogP) is 0.546. The lowest BCUT2D eigenvalue weighted by Crippen LogP contribution is -2.41. The molecule has 0 aliphatic heterocycles. The van der Waals surface area contributed by atoms with Gasteiger partial charge in [0, 0.05) is 7.11 Å². The average Bonchev–Trinajstić information content (AvgIpc) is 2.01. The molecule has 0 aromatic heterocycles. The van der Waals surface area contributed by atoms with E-state index in [-0.39, 0.29) is 30.6 Å². The van der Waals surface area contributed by atoms with E-state index in [2.05, 4.69) is 30.8 Å². The molecule has 2 N–H and O–H groups in total. The van der Waals surface area contributed by atoms with Crippen molar-refractivity contribution in [2.45, 2.75) is 33.2 Å². The van der Waals surface area contributed by atoms with E-state index in [1.165, 1.54) is 7.11 Å². The normalized spacial score (nSPS) is 13.8. The molecule has 0 aliphatic carbocycles. The zero-order valence-electron chi connectivity index (χ0n) is 9.46. The molecule has 0 rings (SSSR count). The highest BCUT2D eigenvalue weighted by Gasteiger charge is 2.19. The fraction of sp³-hybridized carbons (Fsp3) is 0.900. The Hall–Kier alpha value is -0.610. The first-order chi connectivity index (χ1) is 6.39. The van der Waals surface area contributed by atoms with Crippen molar-refractivity contribution in [2.75, 3.05) is 20.3 Å². The number of amides is 1. The highest BCUT2D eigenvalue weighted by molar-refractivity contribution is 5.77. The van der Waals surface area contributed by atoms with E-state index >= 15 is 0 Å². The summed E-state index contributed by atoms with van der Waals surface area (Å²) in [6, 6.07) is -0.183. The van der Waals surface area contributed by atoms with Crippen molar-refractivity contribution >= 4 is 5.91 Å². The van der Waals surface area contributed by atoms with Crippen molar-refractivity contribution in [3.63, 3.8) is 0 Å². The standard InChI is InChI=1S/C10H21NO3/c1-10(2,3)5-8(6-12)11-9(13)7-14-4/h8,12H,5-7H2,1-4H3,(H,11,13). The van der Waals surface area contributed by atoms with Crippen LogP contribution in [0.15, 0.2) is 0 Å². The van der Waals surface area contributed by atoms with E-state index < -0.39 is 0 Å². The Morgan fingerprint density at radius 1 is 1.50 bits per heavy atom. The SMILES string of the molecule is COCC(=O)NC(CO)CC(C)(C)C. The molecule has 0 radical (unpaired) electrons. The number of carbonyl (C=O) groups excluding carboxylic acids is 1. The van der Waals surface area contributed by atoms with Crippen LogP contribution in [-0.4, -0.2) is 37.4 Å². The highest BCUT2D eigenvalue weighted by Crippen LogP contribution is 2.20. The molecule has 0 aromatic carbocycles. The van der Waals surface area contributed by atoms with E-state index in [0.29, 0.717) is 0 Å². The van der Waals surface area contributed by atoms with Gasteiger partial charge in [-0.2, -0.15) is 0 Å². The first-order valence-corrected chi connectivity index (χ1v) is 4.78. The number of hydrogen-bond donors (Lipinski definition) is 2. The Balaban J connectivity index is 3.97. The van der Waals surface area contributed by atoms with Gasteiger partial charge < -0.3 is 15.2 Å². The van der Waals surface area contributed by atoms with E-state index in [1.807, 2.05) is 0 Å². The first-order valence-electron chi connectivity index (χ1n) is 4.78. The molecular weight excluding hydrogens is 182 g/mol. The highest BCUT2D eigenvalue weighted by atomic mass is 16.5. The molecule has 0 saturated heterocycles. The van der Waals surface area contributed by atoms with E-state index in [9.17, 15) is 4.79 Å². The van der Waals surface area contributed by atoms with Crippen LogP contribution in [0.4, 0.5) is 0 Å². The number of nitrogens with one attached hydrogen (secondary N) is 1. The van der Waals surface area contributed by atoms with Crippen molar-refractivity contribution in [1.29, 1.82) is 0 Å². The van der Waals surface area contributed by atoms with Crippen LogP contribution in [0, 0.1) is 5.41 Å². The maximum Gasteiger partial charge on any atom is 0.246 e. The Labute approximate surface area is 85.6 Å². The fourth-order valence-electron chi connectivity index (χ4n) is 1.30. The Morgan fingerprint density at radius 3 is 2.43 bits per heavy atom. The second kappa shape index (κ2) is 5.98. The fourth-order valence-corrected chi connectivity index (χ4v) is 1.30. The Kier molecular flexibility index (Phi) is 5.72. The molecule has 14 heavy (non-hydrogen) atoms. The monoisotopic (exact) mass is 203 g/mol. The van der Waals surface area contributed by atoms with E-state index in [0.717, 1.165) is 6.42 Å². The number of aliphatic hydroxyl groups is 1. The van der Waals surface area contributed by atoms with Crippen LogP contribution < -0.4 is 5.32 Å². The van der Waals surface area contributed by atoms with Gasteiger partial charge in [0.15, 0.2) is 0 Å². The number of methoxy groups -OCH3 is 1.